The van der Waals surface area contributed by atoms with Crippen molar-refractivity contribution in [2.24, 2.45) is 0 Å². The van der Waals surface area contributed by atoms with Gasteiger partial charge in [-0.3, -0.25) is 4.98 Å². The average Bonchev–Trinajstić information content (AvgIpc) is 1.51. The summed E-state index contributed by atoms with van der Waals surface area (Å²) in [6.07, 6.45) is 3.76. The van der Waals surface area contributed by atoms with Crippen LogP contribution < -0.4 is 4.74 Å². The van der Waals surface area contributed by atoms with Crippen LogP contribution in [0, 0.1) is 0 Å². The second kappa shape index (κ2) is 26.7. The summed E-state index contributed by atoms with van der Waals surface area (Å²) in [6.45, 7) is 0. The number of pyridine rings is 1. The molecule has 0 saturated heterocycles. The molecule has 0 aliphatic rings. The predicted octanol–water partition coefficient (Wildman–Crippen LogP) is 30.4. The van der Waals surface area contributed by atoms with Crippen LogP contribution in [0.4, 0.5) is 0 Å². The first-order valence-corrected chi connectivity index (χ1v) is 39.9. The van der Waals surface area contributed by atoms with Crippen molar-refractivity contribution in [2.45, 2.75) is 0 Å². The van der Waals surface area contributed by atoms with Gasteiger partial charge in [-0.25, -0.2) is 0 Å². The Hall–Kier alpha value is -14.9. The fraction of sp³-hybridized carbons (Fsp3) is 0.00926. The number of hydrogen-bond donors (Lipinski definition) is 0. The van der Waals surface area contributed by atoms with E-state index in [0.717, 1.165) is 66.4 Å². The Morgan fingerprint density at radius 1 is 0.252 bits per heavy atom. The van der Waals surface area contributed by atoms with Gasteiger partial charge >= 0.3 is 0 Å². The van der Waals surface area contributed by atoms with Gasteiger partial charge < -0.3 is 22.7 Å². The van der Waals surface area contributed by atoms with Crippen molar-refractivity contribution in [2.75, 3.05) is 7.11 Å². The maximum Gasteiger partial charge on any atom is 0.136 e. The molecule has 0 spiro atoms. The van der Waals surface area contributed by atoms with Crippen LogP contribution in [-0.2, 0) is 0 Å². The summed E-state index contributed by atoms with van der Waals surface area (Å²) >= 11 is 1.88. The quantitative estimate of drug-likeness (QED) is 0.149. The number of rotatable bonds is 7. The Labute approximate surface area is 664 Å². The molecule has 0 bridgehead atoms. The minimum absolute atomic E-state index is 0.864. The van der Waals surface area contributed by atoms with E-state index < -0.39 is 0 Å². The molecule has 0 fully saturated rings. The first-order chi connectivity index (χ1) is 57.0. The SMILES string of the molecule is COc1ccc(-c2cc3cc4oc5ccccc5c4cc3c3ccccc23)cc1.c1ccc(-n2c3ccccc3c3c(-c4cc5cc6c(cc5c5cc(-c7cccnc7)ccc45)oc4ccccc46)cccc32)cc1.c1ccc(-n2c3ccccc3c3cc(-c4cc5cc6sc7ccccc7c6cc5c5ccccc45)ccc32)cc1. The van der Waals surface area contributed by atoms with Gasteiger partial charge in [-0.15, -0.1) is 11.3 Å². The van der Waals surface area contributed by atoms with Crippen LogP contribution in [0.25, 0.3) is 228 Å². The van der Waals surface area contributed by atoms with Crippen molar-refractivity contribution < 1.29 is 13.6 Å². The number of benzene rings is 19. The van der Waals surface area contributed by atoms with E-state index in [0.29, 0.717) is 0 Å². The van der Waals surface area contributed by atoms with Crippen LogP contribution in [0.15, 0.2) is 397 Å². The standard InChI is InChI=1S/C43H26N2O.C38H23NS.C27H18O2/c1-2-11-30(12-3-1)45-39-16-6-4-14-34(39)43-33(15-8-17-40(43)45)36-23-29-24-38-32-13-5-7-18-41(32)46-42(38)25-35(29)37-22-27(19-20-31(36)37)28-10-9-21-44-26-28;1-2-10-26(11-3-1)39-35-16-8-6-14-29(35)33-20-24(18-19-36(33)39)31-21-25-22-38-34(30-15-7-9-17-37(30)40-38)23-32(25)28-13-5-4-12-27(28)31;1-28-19-12-10-17(11-13-19)23-14-18-15-27-25(22-8-4-5-9-26(22)29-27)16-24(18)21-7-3-2-6-20(21)23/h1-26H;1-23H;2-16H,1H3. The highest BCUT2D eigenvalue weighted by Crippen LogP contribution is 2.48. The summed E-state index contributed by atoms with van der Waals surface area (Å²) in [4.78, 5) is 4.41. The van der Waals surface area contributed by atoms with Gasteiger partial charge in [0.15, 0.2) is 0 Å². The lowest BCUT2D eigenvalue weighted by Gasteiger charge is -2.14. The molecule has 0 saturated carbocycles. The van der Waals surface area contributed by atoms with Crippen molar-refractivity contribution in [1.82, 2.24) is 14.1 Å². The van der Waals surface area contributed by atoms with Gasteiger partial charge in [0.1, 0.15) is 28.1 Å². The minimum atomic E-state index is 0.864. The number of ether oxygens (including phenoxy) is 1. The molecule has 0 unspecified atom stereocenters. The maximum atomic E-state index is 6.38. The molecule has 115 heavy (non-hydrogen) atoms. The van der Waals surface area contributed by atoms with Crippen molar-refractivity contribution in [3.63, 3.8) is 0 Å². The van der Waals surface area contributed by atoms with Crippen molar-refractivity contribution >= 4 is 184 Å². The largest absolute Gasteiger partial charge is 0.497 e. The Morgan fingerprint density at radius 3 is 1.43 bits per heavy atom. The number of fused-ring (bicyclic) bond motifs is 24. The fourth-order valence-corrected chi connectivity index (χ4v) is 19.4. The Bertz CT molecular complexity index is 8260. The molecule has 25 aromatic rings. The monoisotopic (exact) mass is 1490 g/mol. The summed E-state index contributed by atoms with van der Waals surface area (Å²) in [7, 11) is 1.69. The summed E-state index contributed by atoms with van der Waals surface area (Å²) < 4.78 is 25.3. The number of para-hydroxylation sites is 6. The van der Waals surface area contributed by atoms with E-state index in [1.54, 1.807) is 7.11 Å². The van der Waals surface area contributed by atoms with Gasteiger partial charge in [-0.05, 0) is 255 Å². The number of aromatic nitrogens is 3. The molecule has 19 aromatic carbocycles. The van der Waals surface area contributed by atoms with E-state index in [9.17, 15) is 0 Å². The van der Waals surface area contributed by atoms with Crippen molar-refractivity contribution in [3.05, 3.63) is 389 Å². The van der Waals surface area contributed by atoms with E-state index in [-0.39, 0.29) is 0 Å². The molecule has 0 atom stereocenters. The van der Waals surface area contributed by atoms with Gasteiger partial charge in [-0.1, -0.05) is 224 Å². The third-order valence-electron chi connectivity index (χ3n) is 23.6. The molecule has 538 valence electrons. The minimum Gasteiger partial charge on any atom is -0.497 e. The van der Waals surface area contributed by atoms with Gasteiger partial charge in [0, 0.05) is 92.6 Å². The van der Waals surface area contributed by atoms with Gasteiger partial charge in [0.05, 0.1) is 29.2 Å². The Balaban J connectivity index is 0.000000105. The van der Waals surface area contributed by atoms with E-state index in [2.05, 4.69) is 348 Å². The Kier molecular flexibility index (Phi) is 15.3. The summed E-state index contributed by atoms with van der Waals surface area (Å²) in [5.41, 5.74) is 20.5. The number of methoxy groups -OCH3 is 1. The van der Waals surface area contributed by atoms with Gasteiger partial charge in [0.2, 0.25) is 0 Å². The average molecular weight is 1490 g/mol. The molecule has 0 aliphatic carbocycles. The molecule has 0 amide bonds. The molecule has 6 aromatic heterocycles. The van der Waals surface area contributed by atoms with Gasteiger partial charge in [-0.2, -0.15) is 0 Å². The second-order valence-electron chi connectivity index (χ2n) is 29.9. The molecule has 0 radical (unpaired) electrons. The molecular weight excluding hydrogens is 1420 g/mol. The lowest BCUT2D eigenvalue weighted by Crippen LogP contribution is -1.93. The molecule has 0 N–H and O–H groups in total. The van der Waals surface area contributed by atoms with Gasteiger partial charge in [0.25, 0.3) is 0 Å². The number of hydrogen-bond acceptors (Lipinski definition) is 5. The fourth-order valence-electron chi connectivity index (χ4n) is 18.3. The first-order valence-electron chi connectivity index (χ1n) is 39.0. The zero-order valence-electron chi connectivity index (χ0n) is 62.4. The third-order valence-corrected chi connectivity index (χ3v) is 24.7. The zero-order valence-corrected chi connectivity index (χ0v) is 63.2. The van der Waals surface area contributed by atoms with E-state index in [1.165, 1.54) is 167 Å². The van der Waals surface area contributed by atoms with E-state index >= 15 is 0 Å². The van der Waals surface area contributed by atoms with Crippen LogP contribution in [0.5, 0.6) is 5.75 Å². The maximum absolute atomic E-state index is 6.38. The highest BCUT2D eigenvalue weighted by Gasteiger charge is 2.23. The predicted molar refractivity (Wildman–Crippen MR) is 487 cm³/mol. The summed E-state index contributed by atoms with van der Waals surface area (Å²) in [5.74, 6) is 0.864. The normalized spacial score (nSPS) is 11.9. The van der Waals surface area contributed by atoms with Crippen molar-refractivity contribution in [3.8, 4) is 61.6 Å². The number of furan rings is 2. The summed E-state index contributed by atoms with van der Waals surface area (Å²) in [6, 6.07) is 135. The summed E-state index contributed by atoms with van der Waals surface area (Å²) in [5, 5.41) is 27.2. The molecular formula is C108H67N3O3S. The highest BCUT2D eigenvalue weighted by atomic mass is 32.1. The first kappa shape index (κ1) is 65.9. The second-order valence-corrected chi connectivity index (χ2v) is 31.0. The zero-order chi connectivity index (χ0) is 75.8. The molecule has 0 aliphatic heterocycles. The lowest BCUT2D eigenvalue weighted by molar-refractivity contribution is 0.415. The molecule has 6 nitrogen and oxygen atoms in total. The topological polar surface area (TPSA) is 58.3 Å². The lowest BCUT2D eigenvalue weighted by atomic mass is 9.89. The molecule has 6 heterocycles. The molecule has 7 heteroatoms. The van der Waals surface area contributed by atoms with Crippen LogP contribution in [0.3, 0.4) is 0 Å². The molecule has 25 rings (SSSR count). The highest BCUT2D eigenvalue weighted by molar-refractivity contribution is 7.25. The van der Waals surface area contributed by atoms with Crippen LogP contribution in [0.1, 0.15) is 0 Å². The van der Waals surface area contributed by atoms with Crippen molar-refractivity contribution in [1.29, 1.82) is 0 Å². The van der Waals surface area contributed by atoms with Crippen LogP contribution in [-0.4, -0.2) is 21.2 Å². The smallest absolute Gasteiger partial charge is 0.136 e. The van der Waals surface area contributed by atoms with E-state index in [4.69, 9.17) is 13.6 Å². The van der Waals surface area contributed by atoms with Crippen LogP contribution in [0.2, 0.25) is 0 Å². The Morgan fingerprint density at radius 2 is 0.748 bits per heavy atom. The third kappa shape index (κ3) is 10.8. The number of thiophene rings is 1. The van der Waals surface area contributed by atoms with E-state index in [1.807, 2.05) is 66.2 Å². The number of nitrogens with zero attached hydrogens (tertiary/aromatic N) is 3. The van der Waals surface area contributed by atoms with Crippen LogP contribution >= 0.6 is 11.3 Å².